The van der Waals surface area contributed by atoms with E-state index in [0.717, 1.165) is 24.3 Å². The average molecular weight is 329 g/mol. The van der Waals surface area contributed by atoms with Crippen molar-refractivity contribution in [3.63, 3.8) is 0 Å². The number of hydrogen-bond acceptors (Lipinski definition) is 5. The van der Waals surface area contributed by atoms with Crippen molar-refractivity contribution >= 4 is 17.1 Å². The van der Waals surface area contributed by atoms with Crippen molar-refractivity contribution in [3.05, 3.63) is 30.1 Å². The van der Waals surface area contributed by atoms with E-state index < -0.39 is 0 Å². The van der Waals surface area contributed by atoms with Crippen LogP contribution < -0.4 is 10.3 Å². The van der Waals surface area contributed by atoms with Crippen LogP contribution in [0.5, 0.6) is 0 Å². The van der Waals surface area contributed by atoms with Crippen LogP contribution in [0, 0.1) is 0 Å². The lowest BCUT2D eigenvalue weighted by Crippen LogP contribution is -2.47. The summed E-state index contributed by atoms with van der Waals surface area (Å²) in [5, 5.41) is 15.7. The Kier molecular flexibility index (Phi) is 4.12. The molecule has 2 fully saturated rings. The molecule has 7 heteroatoms. The van der Waals surface area contributed by atoms with Gasteiger partial charge in [-0.15, -0.1) is 0 Å². The number of aliphatic hydroxyl groups excluding tert-OH is 1. The fourth-order valence-corrected chi connectivity index (χ4v) is 3.50. The summed E-state index contributed by atoms with van der Waals surface area (Å²) in [5.41, 5.74) is 5.50. The highest BCUT2D eigenvalue weighted by molar-refractivity contribution is 6.00. The number of nitrogens with one attached hydrogen (secondary N) is 1. The maximum atomic E-state index is 12.6. The molecule has 2 aromatic heterocycles. The molecular weight excluding hydrogens is 306 g/mol. The molecule has 0 spiro atoms. The van der Waals surface area contributed by atoms with Crippen molar-refractivity contribution in [3.8, 4) is 0 Å². The monoisotopic (exact) mass is 329 g/mol. The van der Waals surface area contributed by atoms with Crippen LogP contribution in [0.2, 0.25) is 0 Å². The molecule has 0 unspecified atom stereocenters. The maximum Gasteiger partial charge on any atom is 0.269 e. The minimum atomic E-state index is -0.252. The molecule has 0 radical (unpaired) electrons. The minimum absolute atomic E-state index is 0.139. The molecule has 2 aliphatic heterocycles. The van der Waals surface area contributed by atoms with Gasteiger partial charge in [0, 0.05) is 38.1 Å². The molecule has 4 rings (SSSR count). The summed E-state index contributed by atoms with van der Waals surface area (Å²) >= 11 is 0. The van der Waals surface area contributed by atoms with Crippen LogP contribution in [0.4, 0.5) is 5.69 Å². The summed E-state index contributed by atoms with van der Waals surface area (Å²) < 4.78 is 1.74. The third-order valence-electron chi connectivity index (χ3n) is 4.95. The second-order valence-electron chi connectivity index (χ2n) is 6.63. The molecule has 2 saturated heterocycles. The third kappa shape index (κ3) is 2.97. The fraction of sp³-hybridized carbons (Fsp3) is 0.529. The van der Waals surface area contributed by atoms with Crippen molar-refractivity contribution < 1.29 is 9.90 Å². The highest BCUT2D eigenvalue weighted by Gasteiger charge is 2.21. The van der Waals surface area contributed by atoms with Crippen LogP contribution in [0.1, 0.15) is 36.0 Å². The molecule has 4 heterocycles. The number of pyridine rings is 1. The molecule has 7 nitrogen and oxygen atoms in total. The first-order valence-corrected chi connectivity index (χ1v) is 8.67. The number of aromatic nitrogens is 2. The van der Waals surface area contributed by atoms with E-state index in [-0.39, 0.29) is 12.0 Å². The fourth-order valence-electron chi connectivity index (χ4n) is 3.50. The normalized spacial score (nSPS) is 20.0. The standard InChI is InChI=1S/C17H23N5O2/c23-14-4-8-21(9-5-14)19-17(24)15-12-18-22-10-3-13(11-16(15)22)20-6-1-2-7-20/h3,10-12,14,23H,1-2,4-9H2,(H,19,24). The van der Waals surface area contributed by atoms with E-state index in [1.54, 1.807) is 10.7 Å². The zero-order chi connectivity index (χ0) is 16.5. The van der Waals surface area contributed by atoms with Gasteiger partial charge < -0.3 is 10.0 Å². The zero-order valence-corrected chi connectivity index (χ0v) is 13.7. The zero-order valence-electron chi connectivity index (χ0n) is 13.7. The molecule has 2 aromatic rings. The van der Waals surface area contributed by atoms with Crippen molar-refractivity contribution in [2.75, 3.05) is 31.1 Å². The summed E-state index contributed by atoms with van der Waals surface area (Å²) in [6.45, 7) is 3.49. The summed E-state index contributed by atoms with van der Waals surface area (Å²) in [6.07, 6.45) is 7.10. The van der Waals surface area contributed by atoms with E-state index in [0.29, 0.717) is 31.5 Å². The van der Waals surface area contributed by atoms with Crippen molar-refractivity contribution in [2.45, 2.75) is 31.8 Å². The van der Waals surface area contributed by atoms with E-state index in [4.69, 9.17) is 0 Å². The number of carbonyl (C=O) groups excluding carboxylic acids is 1. The number of nitrogens with zero attached hydrogens (tertiary/aromatic N) is 4. The molecule has 24 heavy (non-hydrogen) atoms. The van der Waals surface area contributed by atoms with Gasteiger partial charge in [-0.05, 0) is 37.8 Å². The highest BCUT2D eigenvalue weighted by Crippen LogP contribution is 2.23. The molecule has 128 valence electrons. The van der Waals surface area contributed by atoms with Crippen molar-refractivity contribution in [1.29, 1.82) is 0 Å². The molecule has 0 aromatic carbocycles. The Hall–Kier alpha value is -2.12. The van der Waals surface area contributed by atoms with Gasteiger partial charge >= 0.3 is 0 Å². The quantitative estimate of drug-likeness (QED) is 0.880. The first-order chi connectivity index (χ1) is 11.7. The Balaban J connectivity index is 1.54. The van der Waals surface area contributed by atoms with Gasteiger partial charge in [-0.1, -0.05) is 0 Å². The SMILES string of the molecule is O=C(NN1CCC(O)CC1)c1cnn2ccc(N3CCCC3)cc12. The largest absolute Gasteiger partial charge is 0.393 e. The van der Waals surface area contributed by atoms with Crippen LogP contribution >= 0.6 is 0 Å². The number of hydrazine groups is 1. The second-order valence-corrected chi connectivity index (χ2v) is 6.63. The van der Waals surface area contributed by atoms with Crippen LogP contribution in [-0.2, 0) is 0 Å². The number of fused-ring (bicyclic) bond motifs is 1. The van der Waals surface area contributed by atoms with Crippen LogP contribution in [-0.4, -0.2) is 57.9 Å². The molecule has 0 aliphatic carbocycles. The number of amides is 1. The van der Waals surface area contributed by atoms with Gasteiger partial charge in [-0.3, -0.25) is 10.2 Å². The third-order valence-corrected chi connectivity index (χ3v) is 4.95. The highest BCUT2D eigenvalue weighted by atomic mass is 16.3. The van der Waals surface area contributed by atoms with Crippen LogP contribution in [0.3, 0.4) is 0 Å². The summed E-state index contributed by atoms with van der Waals surface area (Å²) in [6, 6.07) is 4.10. The van der Waals surface area contributed by atoms with Crippen LogP contribution in [0.15, 0.2) is 24.5 Å². The summed E-state index contributed by atoms with van der Waals surface area (Å²) in [7, 11) is 0. The number of rotatable bonds is 3. The number of anilines is 1. The molecule has 1 amide bonds. The van der Waals surface area contributed by atoms with Gasteiger partial charge in [-0.25, -0.2) is 9.52 Å². The number of piperidine rings is 1. The van der Waals surface area contributed by atoms with E-state index >= 15 is 0 Å². The lowest BCUT2D eigenvalue weighted by molar-refractivity contribution is 0.0468. The van der Waals surface area contributed by atoms with Crippen molar-refractivity contribution in [2.24, 2.45) is 0 Å². The van der Waals surface area contributed by atoms with E-state index in [1.165, 1.54) is 12.8 Å². The molecule has 0 saturated carbocycles. The average Bonchev–Trinajstić information content (AvgIpc) is 3.25. The molecule has 0 atom stereocenters. The Bertz CT molecular complexity index is 730. The summed E-state index contributed by atoms with van der Waals surface area (Å²) in [5.74, 6) is -0.139. The molecular formula is C17H23N5O2. The second kappa shape index (κ2) is 6.41. The summed E-state index contributed by atoms with van der Waals surface area (Å²) in [4.78, 5) is 15.0. The van der Waals surface area contributed by atoms with Crippen molar-refractivity contribution in [1.82, 2.24) is 20.0 Å². The smallest absolute Gasteiger partial charge is 0.269 e. The Labute approximate surface area is 140 Å². The first-order valence-electron chi connectivity index (χ1n) is 8.67. The number of hydrogen-bond donors (Lipinski definition) is 2. The Morgan fingerprint density at radius 2 is 1.96 bits per heavy atom. The predicted molar refractivity (Wildman–Crippen MR) is 90.9 cm³/mol. The topological polar surface area (TPSA) is 73.1 Å². The molecule has 2 N–H and O–H groups in total. The Morgan fingerprint density at radius 1 is 1.21 bits per heavy atom. The maximum absolute atomic E-state index is 12.6. The Morgan fingerprint density at radius 3 is 2.71 bits per heavy atom. The number of carbonyl (C=O) groups is 1. The van der Waals surface area contributed by atoms with Crippen LogP contribution in [0.25, 0.3) is 5.52 Å². The van der Waals surface area contributed by atoms with Gasteiger partial charge in [0.25, 0.3) is 5.91 Å². The van der Waals surface area contributed by atoms with Gasteiger partial charge in [0.2, 0.25) is 0 Å². The van der Waals surface area contributed by atoms with E-state index in [2.05, 4.69) is 21.5 Å². The lowest BCUT2D eigenvalue weighted by atomic mass is 10.1. The van der Waals surface area contributed by atoms with E-state index in [1.807, 2.05) is 17.3 Å². The predicted octanol–water partition coefficient (Wildman–Crippen LogP) is 1.04. The van der Waals surface area contributed by atoms with E-state index in [9.17, 15) is 9.90 Å². The first kappa shape index (κ1) is 15.4. The lowest BCUT2D eigenvalue weighted by Gasteiger charge is -2.29. The number of aliphatic hydroxyl groups is 1. The van der Waals surface area contributed by atoms with Gasteiger partial charge in [0.05, 0.1) is 23.4 Å². The minimum Gasteiger partial charge on any atom is -0.393 e. The molecule has 2 aliphatic rings. The van der Waals surface area contributed by atoms with Gasteiger partial charge in [-0.2, -0.15) is 5.10 Å². The van der Waals surface area contributed by atoms with Gasteiger partial charge in [0.1, 0.15) is 0 Å². The van der Waals surface area contributed by atoms with Gasteiger partial charge in [0.15, 0.2) is 0 Å². The molecule has 0 bridgehead atoms.